The number of ether oxygens (including phenoxy) is 1. The van der Waals surface area contributed by atoms with Gasteiger partial charge in [-0.1, -0.05) is 11.6 Å². The molecule has 0 aliphatic carbocycles. The summed E-state index contributed by atoms with van der Waals surface area (Å²) >= 11 is 6.59. The van der Waals surface area contributed by atoms with Crippen molar-refractivity contribution in [1.82, 2.24) is 24.4 Å². The third kappa shape index (κ3) is 3.50. The van der Waals surface area contributed by atoms with E-state index in [0.717, 1.165) is 40.0 Å². The van der Waals surface area contributed by atoms with E-state index in [9.17, 15) is 4.79 Å². The van der Waals surface area contributed by atoms with Crippen LogP contribution in [0.25, 0.3) is 16.6 Å². The molecule has 0 unspecified atom stereocenters. The van der Waals surface area contributed by atoms with Crippen LogP contribution in [0.2, 0.25) is 5.02 Å². The van der Waals surface area contributed by atoms with Crippen molar-refractivity contribution in [3.8, 4) is 11.4 Å². The van der Waals surface area contributed by atoms with E-state index in [1.165, 1.54) is 0 Å². The van der Waals surface area contributed by atoms with Gasteiger partial charge >= 0.3 is 5.69 Å². The van der Waals surface area contributed by atoms with E-state index in [-0.39, 0.29) is 5.69 Å². The molecular weight excluding hydrogens is 390 g/mol. The Balaban J connectivity index is 1.50. The fourth-order valence-corrected chi connectivity index (χ4v) is 3.99. The minimum Gasteiger partial charge on any atom is -0.490 e. The molecule has 1 aliphatic rings. The second-order valence-corrected chi connectivity index (χ2v) is 7.43. The van der Waals surface area contributed by atoms with Gasteiger partial charge in [-0.05, 0) is 24.3 Å². The molecule has 4 aromatic rings. The minimum absolute atomic E-state index is 0.344. The summed E-state index contributed by atoms with van der Waals surface area (Å²) in [4.78, 5) is 24.1. The zero-order valence-corrected chi connectivity index (χ0v) is 16.3. The molecule has 7 nitrogen and oxygen atoms in total. The maximum Gasteiger partial charge on any atom is 0.344 e. The summed E-state index contributed by atoms with van der Waals surface area (Å²) in [5, 5.41) is 1.67. The van der Waals surface area contributed by atoms with Crippen molar-refractivity contribution >= 4 is 22.5 Å². The molecule has 0 bridgehead atoms. The van der Waals surface area contributed by atoms with Crippen LogP contribution in [0, 0.1) is 0 Å². The number of aromatic nitrogens is 4. The van der Waals surface area contributed by atoms with Gasteiger partial charge in [0.1, 0.15) is 12.4 Å². The number of hydrogen-bond donors (Lipinski definition) is 1. The first-order valence-electron chi connectivity index (χ1n) is 9.30. The second kappa shape index (κ2) is 7.35. The second-order valence-electron chi connectivity index (χ2n) is 7.02. The first kappa shape index (κ1) is 17.9. The SMILES string of the molecule is O=c1ncc(CN2CCOc3c(Cl)cc(-n4ccc5cnccc54)cc3C2)c[nH]1. The number of fused-ring (bicyclic) bond motifs is 2. The van der Waals surface area contributed by atoms with E-state index in [1.807, 2.05) is 30.6 Å². The normalized spacial score (nSPS) is 14.4. The predicted molar refractivity (Wildman–Crippen MR) is 111 cm³/mol. The Kier molecular flexibility index (Phi) is 4.54. The molecule has 1 aliphatic heterocycles. The number of pyridine rings is 1. The van der Waals surface area contributed by atoms with E-state index in [2.05, 4.69) is 30.5 Å². The molecule has 29 heavy (non-hydrogen) atoms. The smallest absolute Gasteiger partial charge is 0.344 e. The van der Waals surface area contributed by atoms with E-state index in [1.54, 1.807) is 18.6 Å². The molecule has 0 saturated heterocycles. The topological polar surface area (TPSA) is 76.0 Å². The van der Waals surface area contributed by atoms with Crippen LogP contribution < -0.4 is 10.4 Å². The van der Waals surface area contributed by atoms with Crippen molar-refractivity contribution in [3.63, 3.8) is 0 Å². The third-order valence-electron chi connectivity index (χ3n) is 5.06. The first-order chi connectivity index (χ1) is 14.2. The molecule has 0 atom stereocenters. The number of aromatic amines is 1. The Hall–Kier alpha value is -3.16. The van der Waals surface area contributed by atoms with Gasteiger partial charge in [0.25, 0.3) is 0 Å². The summed E-state index contributed by atoms with van der Waals surface area (Å²) in [5.74, 6) is 0.732. The van der Waals surface area contributed by atoms with E-state index in [0.29, 0.717) is 24.7 Å². The lowest BCUT2D eigenvalue weighted by molar-refractivity contribution is 0.219. The van der Waals surface area contributed by atoms with Gasteiger partial charge in [-0.2, -0.15) is 0 Å². The molecule has 1 N–H and O–H groups in total. The lowest BCUT2D eigenvalue weighted by atomic mass is 10.1. The quantitative estimate of drug-likeness (QED) is 0.564. The Morgan fingerprint density at radius 2 is 2.17 bits per heavy atom. The zero-order valence-electron chi connectivity index (χ0n) is 15.5. The molecule has 0 amide bonds. The molecular formula is C21H18ClN5O2. The molecule has 146 valence electrons. The number of hydrogen-bond acceptors (Lipinski definition) is 5. The van der Waals surface area contributed by atoms with Gasteiger partial charge in [0.15, 0.2) is 0 Å². The number of H-pyrrole nitrogens is 1. The number of benzene rings is 1. The third-order valence-corrected chi connectivity index (χ3v) is 5.34. The highest BCUT2D eigenvalue weighted by molar-refractivity contribution is 6.32. The van der Waals surface area contributed by atoms with Crippen LogP contribution in [0.5, 0.6) is 5.75 Å². The number of halogens is 1. The van der Waals surface area contributed by atoms with E-state index in [4.69, 9.17) is 16.3 Å². The average Bonchev–Trinajstić information content (AvgIpc) is 3.04. The molecule has 4 heterocycles. The standard InChI is InChI=1S/C21H18ClN5O2/c22-18-8-17(27-4-2-15-11-23-3-1-19(15)27)7-16-13-26(5-6-29-20(16)18)12-14-9-24-21(28)25-10-14/h1-4,7-11H,5-6,12-13H2,(H,24,25,28). The largest absolute Gasteiger partial charge is 0.490 e. The minimum atomic E-state index is -0.344. The lowest BCUT2D eigenvalue weighted by Crippen LogP contribution is -2.26. The summed E-state index contributed by atoms with van der Waals surface area (Å²) in [5.41, 5.74) is 3.68. The summed E-state index contributed by atoms with van der Waals surface area (Å²) in [7, 11) is 0. The summed E-state index contributed by atoms with van der Waals surface area (Å²) in [6.07, 6.45) is 8.96. The molecule has 0 spiro atoms. The fraction of sp³-hybridized carbons (Fsp3) is 0.190. The predicted octanol–water partition coefficient (Wildman–Crippen LogP) is 3.16. The van der Waals surface area contributed by atoms with Crippen LogP contribution in [-0.4, -0.2) is 37.6 Å². The molecule has 0 radical (unpaired) electrons. The maximum absolute atomic E-state index is 11.2. The molecule has 3 aromatic heterocycles. The summed E-state index contributed by atoms with van der Waals surface area (Å²) in [6, 6.07) is 8.07. The first-order valence-corrected chi connectivity index (χ1v) is 9.68. The van der Waals surface area contributed by atoms with Crippen LogP contribution in [0.4, 0.5) is 0 Å². The highest BCUT2D eigenvalue weighted by Gasteiger charge is 2.20. The van der Waals surface area contributed by atoms with E-state index < -0.39 is 0 Å². The Morgan fingerprint density at radius 1 is 1.24 bits per heavy atom. The van der Waals surface area contributed by atoms with Crippen molar-refractivity contribution in [1.29, 1.82) is 0 Å². The molecule has 5 rings (SSSR count). The summed E-state index contributed by atoms with van der Waals surface area (Å²) < 4.78 is 8.06. The van der Waals surface area contributed by atoms with Crippen LogP contribution in [0.3, 0.4) is 0 Å². The number of nitrogens with one attached hydrogen (secondary N) is 1. The van der Waals surface area contributed by atoms with E-state index >= 15 is 0 Å². The lowest BCUT2D eigenvalue weighted by Gasteiger charge is -2.19. The van der Waals surface area contributed by atoms with Crippen LogP contribution in [0.15, 0.2) is 60.0 Å². The zero-order chi connectivity index (χ0) is 19.8. The fourth-order valence-electron chi connectivity index (χ4n) is 3.71. The van der Waals surface area contributed by atoms with Crippen molar-refractivity contribution in [2.75, 3.05) is 13.2 Å². The Morgan fingerprint density at radius 3 is 3.03 bits per heavy atom. The van der Waals surface area contributed by atoms with Gasteiger partial charge in [-0.15, -0.1) is 0 Å². The molecule has 1 aromatic carbocycles. The van der Waals surface area contributed by atoms with Gasteiger partial charge in [0, 0.05) is 72.8 Å². The Labute approximate surface area is 171 Å². The van der Waals surface area contributed by atoms with Crippen molar-refractivity contribution < 1.29 is 4.74 Å². The van der Waals surface area contributed by atoms with Gasteiger partial charge in [-0.25, -0.2) is 9.78 Å². The number of nitrogens with zero attached hydrogens (tertiary/aromatic N) is 4. The van der Waals surface area contributed by atoms with Crippen LogP contribution in [0.1, 0.15) is 11.1 Å². The summed E-state index contributed by atoms with van der Waals surface area (Å²) in [6.45, 7) is 2.63. The monoisotopic (exact) mass is 407 g/mol. The maximum atomic E-state index is 11.2. The highest BCUT2D eigenvalue weighted by Crippen LogP contribution is 2.35. The van der Waals surface area contributed by atoms with Crippen LogP contribution >= 0.6 is 11.6 Å². The number of rotatable bonds is 3. The Bertz CT molecular complexity index is 1230. The highest BCUT2D eigenvalue weighted by atomic mass is 35.5. The molecule has 0 saturated carbocycles. The molecule has 0 fully saturated rings. The van der Waals surface area contributed by atoms with Crippen molar-refractivity contribution in [3.05, 3.63) is 81.9 Å². The molecule has 8 heteroatoms. The van der Waals surface area contributed by atoms with Crippen LogP contribution in [-0.2, 0) is 13.1 Å². The van der Waals surface area contributed by atoms with Gasteiger partial charge in [0.05, 0.1) is 10.5 Å². The average molecular weight is 408 g/mol. The van der Waals surface area contributed by atoms with Gasteiger partial charge in [-0.3, -0.25) is 9.88 Å². The van der Waals surface area contributed by atoms with Crippen molar-refractivity contribution in [2.24, 2.45) is 0 Å². The van der Waals surface area contributed by atoms with Crippen molar-refractivity contribution in [2.45, 2.75) is 13.1 Å². The van der Waals surface area contributed by atoms with Gasteiger partial charge in [0.2, 0.25) is 0 Å². The van der Waals surface area contributed by atoms with Gasteiger partial charge < -0.3 is 14.3 Å².